The van der Waals surface area contributed by atoms with Crippen LogP contribution in [0.5, 0.6) is 0 Å². The molecule has 0 bridgehead atoms. The second kappa shape index (κ2) is 4.51. The van der Waals surface area contributed by atoms with Gasteiger partial charge in [-0.05, 0) is 26.7 Å². The average molecular weight is 243 g/mol. The Bertz CT molecular complexity index is 387. The maximum atomic E-state index is 9.79. The molecular weight excluding hydrogens is 228 g/mol. The molecular formula is C10H15ClN4O. The van der Waals surface area contributed by atoms with Crippen LogP contribution in [-0.2, 0) is 0 Å². The van der Waals surface area contributed by atoms with Gasteiger partial charge in [0.1, 0.15) is 0 Å². The van der Waals surface area contributed by atoms with Crippen molar-refractivity contribution in [2.45, 2.75) is 38.8 Å². The summed E-state index contributed by atoms with van der Waals surface area (Å²) in [6.45, 7) is 4.61. The van der Waals surface area contributed by atoms with Crippen molar-refractivity contribution in [3.05, 3.63) is 10.8 Å². The first-order valence-electron chi connectivity index (χ1n) is 5.41. The van der Waals surface area contributed by atoms with Gasteiger partial charge in [0, 0.05) is 6.54 Å². The van der Waals surface area contributed by atoms with Crippen LogP contribution >= 0.6 is 11.6 Å². The molecule has 1 aliphatic heterocycles. The van der Waals surface area contributed by atoms with E-state index in [1.54, 1.807) is 6.92 Å². The molecule has 16 heavy (non-hydrogen) atoms. The lowest BCUT2D eigenvalue weighted by molar-refractivity contribution is 0.119. The molecule has 2 rings (SSSR count). The average Bonchev–Trinajstić information content (AvgIpc) is 2.26. The zero-order valence-electron chi connectivity index (χ0n) is 9.39. The summed E-state index contributed by atoms with van der Waals surface area (Å²) in [6, 6.07) is 0.0242. The number of nitrogens with zero attached hydrogens (tertiary/aromatic N) is 4. The number of halogens is 1. The number of rotatable bonds is 1. The minimum Gasteiger partial charge on any atom is -0.391 e. The lowest BCUT2D eigenvalue weighted by atomic mass is 10.0. The summed E-state index contributed by atoms with van der Waals surface area (Å²) >= 11 is 5.78. The largest absolute Gasteiger partial charge is 0.391 e. The Morgan fingerprint density at radius 3 is 2.88 bits per heavy atom. The Morgan fingerprint density at radius 1 is 1.44 bits per heavy atom. The lowest BCUT2D eigenvalue weighted by Crippen LogP contribution is -2.47. The Labute approximate surface area is 99.5 Å². The SMILES string of the molecule is Cc1nc(N2CCC[C@@H](O)[C@H]2C)nnc1Cl. The molecule has 0 radical (unpaired) electrons. The molecule has 0 unspecified atom stereocenters. The maximum Gasteiger partial charge on any atom is 0.246 e. The predicted octanol–water partition coefficient (Wildman–Crippen LogP) is 1.18. The lowest BCUT2D eigenvalue weighted by Gasteiger charge is -2.36. The number of anilines is 1. The molecule has 1 fully saturated rings. The van der Waals surface area contributed by atoms with Crippen LogP contribution in [0.1, 0.15) is 25.5 Å². The normalized spacial score (nSPS) is 25.9. The van der Waals surface area contributed by atoms with Gasteiger partial charge in [-0.1, -0.05) is 11.6 Å². The van der Waals surface area contributed by atoms with E-state index in [0.717, 1.165) is 19.4 Å². The topological polar surface area (TPSA) is 62.1 Å². The van der Waals surface area contributed by atoms with E-state index in [2.05, 4.69) is 15.2 Å². The van der Waals surface area contributed by atoms with Gasteiger partial charge in [0.2, 0.25) is 5.95 Å². The van der Waals surface area contributed by atoms with Crippen LogP contribution in [0, 0.1) is 6.92 Å². The fourth-order valence-corrected chi connectivity index (χ4v) is 1.99. The van der Waals surface area contributed by atoms with Crippen molar-refractivity contribution in [1.29, 1.82) is 0 Å². The predicted molar refractivity (Wildman–Crippen MR) is 61.6 cm³/mol. The highest BCUT2D eigenvalue weighted by Crippen LogP contribution is 2.22. The first-order valence-corrected chi connectivity index (χ1v) is 5.79. The molecule has 0 aromatic carbocycles. The molecule has 1 N–H and O–H groups in total. The Balaban J connectivity index is 2.25. The summed E-state index contributed by atoms with van der Waals surface area (Å²) in [5, 5.41) is 17.9. The molecule has 0 spiro atoms. The fourth-order valence-electron chi connectivity index (χ4n) is 1.91. The standard InChI is InChI=1S/C10H15ClN4O/c1-6-9(11)13-14-10(12-6)15-5-3-4-8(16)7(15)2/h7-8,16H,3-5H2,1-2H3/t7-,8-/m1/s1. The van der Waals surface area contributed by atoms with Crippen LogP contribution in [-0.4, -0.2) is 39.0 Å². The number of hydrogen-bond donors (Lipinski definition) is 1. The monoisotopic (exact) mass is 242 g/mol. The van der Waals surface area contributed by atoms with Crippen molar-refractivity contribution in [2.75, 3.05) is 11.4 Å². The van der Waals surface area contributed by atoms with Crippen molar-refractivity contribution in [3.63, 3.8) is 0 Å². The van der Waals surface area contributed by atoms with E-state index in [4.69, 9.17) is 11.6 Å². The third-order valence-corrected chi connectivity index (χ3v) is 3.35. The molecule has 2 heterocycles. The van der Waals surface area contributed by atoms with E-state index in [0.29, 0.717) is 16.8 Å². The third kappa shape index (κ3) is 2.10. The smallest absolute Gasteiger partial charge is 0.246 e. The third-order valence-electron chi connectivity index (χ3n) is 3.00. The zero-order chi connectivity index (χ0) is 11.7. The zero-order valence-corrected chi connectivity index (χ0v) is 10.1. The Morgan fingerprint density at radius 2 is 2.19 bits per heavy atom. The minimum atomic E-state index is -0.326. The van der Waals surface area contributed by atoms with Crippen LogP contribution in [0.3, 0.4) is 0 Å². The van der Waals surface area contributed by atoms with Gasteiger partial charge in [-0.15, -0.1) is 10.2 Å². The maximum absolute atomic E-state index is 9.79. The molecule has 0 saturated carbocycles. The number of aliphatic hydroxyl groups is 1. The number of aromatic nitrogens is 3. The number of hydrogen-bond acceptors (Lipinski definition) is 5. The summed E-state index contributed by atoms with van der Waals surface area (Å²) in [7, 11) is 0. The molecule has 0 amide bonds. The first kappa shape index (κ1) is 11.5. The number of aliphatic hydroxyl groups excluding tert-OH is 1. The molecule has 0 aliphatic carbocycles. The van der Waals surface area contributed by atoms with Crippen LogP contribution in [0.4, 0.5) is 5.95 Å². The highest BCUT2D eigenvalue weighted by Gasteiger charge is 2.28. The summed E-state index contributed by atoms with van der Waals surface area (Å²) in [6.07, 6.45) is 1.45. The van der Waals surface area contributed by atoms with Gasteiger partial charge in [-0.2, -0.15) is 0 Å². The van der Waals surface area contributed by atoms with E-state index in [1.165, 1.54) is 0 Å². The van der Waals surface area contributed by atoms with Crippen LogP contribution in [0.25, 0.3) is 0 Å². The molecule has 2 atom stereocenters. The van der Waals surface area contributed by atoms with E-state index in [9.17, 15) is 5.11 Å². The summed E-state index contributed by atoms with van der Waals surface area (Å²) in [4.78, 5) is 6.27. The van der Waals surface area contributed by atoms with Gasteiger partial charge < -0.3 is 10.0 Å². The van der Waals surface area contributed by atoms with Crippen LogP contribution in [0.15, 0.2) is 0 Å². The highest BCUT2D eigenvalue weighted by atomic mass is 35.5. The highest BCUT2D eigenvalue weighted by molar-refractivity contribution is 6.29. The van der Waals surface area contributed by atoms with Gasteiger partial charge in [-0.25, -0.2) is 4.98 Å². The van der Waals surface area contributed by atoms with E-state index < -0.39 is 0 Å². The molecule has 1 aromatic heterocycles. The fraction of sp³-hybridized carbons (Fsp3) is 0.700. The molecule has 88 valence electrons. The molecule has 1 aliphatic rings. The minimum absolute atomic E-state index is 0.0242. The number of piperidine rings is 1. The van der Waals surface area contributed by atoms with E-state index >= 15 is 0 Å². The van der Waals surface area contributed by atoms with Crippen molar-refractivity contribution in [3.8, 4) is 0 Å². The van der Waals surface area contributed by atoms with Crippen LogP contribution in [0.2, 0.25) is 5.15 Å². The van der Waals surface area contributed by atoms with Crippen molar-refractivity contribution >= 4 is 17.5 Å². The van der Waals surface area contributed by atoms with Crippen molar-refractivity contribution < 1.29 is 5.11 Å². The second-order valence-corrected chi connectivity index (χ2v) is 4.49. The molecule has 1 saturated heterocycles. The summed E-state index contributed by atoms with van der Waals surface area (Å²) < 4.78 is 0. The first-order chi connectivity index (χ1) is 7.59. The van der Waals surface area contributed by atoms with E-state index in [1.807, 2.05) is 11.8 Å². The Kier molecular flexibility index (Phi) is 3.25. The quantitative estimate of drug-likeness (QED) is 0.801. The van der Waals surface area contributed by atoms with Crippen molar-refractivity contribution in [2.24, 2.45) is 0 Å². The van der Waals surface area contributed by atoms with Gasteiger partial charge in [0.25, 0.3) is 0 Å². The molecule has 1 aromatic rings. The van der Waals surface area contributed by atoms with Crippen LogP contribution < -0.4 is 4.90 Å². The second-order valence-electron chi connectivity index (χ2n) is 4.13. The van der Waals surface area contributed by atoms with Gasteiger partial charge in [0.05, 0.1) is 17.8 Å². The molecule has 6 heteroatoms. The summed E-state index contributed by atoms with van der Waals surface area (Å²) in [5.41, 5.74) is 0.666. The summed E-state index contributed by atoms with van der Waals surface area (Å²) in [5.74, 6) is 0.549. The number of aryl methyl sites for hydroxylation is 1. The van der Waals surface area contributed by atoms with Crippen molar-refractivity contribution in [1.82, 2.24) is 15.2 Å². The van der Waals surface area contributed by atoms with Gasteiger partial charge >= 0.3 is 0 Å². The van der Waals surface area contributed by atoms with E-state index in [-0.39, 0.29) is 12.1 Å². The molecule has 5 nitrogen and oxygen atoms in total. The Hall–Kier alpha value is -0.940. The van der Waals surface area contributed by atoms with Gasteiger partial charge in [-0.3, -0.25) is 0 Å². The van der Waals surface area contributed by atoms with Gasteiger partial charge in [0.15, 0.2) is 5.15 Å².